The molecule has 0 bridgehead atoms. The van der Waals surface area contributed by atoms with Crippen LogP contribution in [-0.2, 0) is 9.47 Å². The topological polar surface area (TPSA) is 30.5 Å². The minimum Gasteiger partial charge on any atom is -0.383 e. The molecule has 3 nitrogen and oxygen atoms in total. The first-order valence-corrected chi connectivity index (χ1v) is 7.56. The van der Waals surface area contributed by atoms with E-state index in [1.165, 1.54) is 38.5 Å². The van der Waals surface area contributed by atoms with Crippen molar-refractivity contribution >= 4 is 0 Å². The minimum absolute atomic E-state index is 0.363. The summed E-state index contributed by atoms with van der Waals surface area (Å²) < 4.78 is 10.9. The Balaban J connectivity index is 2.33. The Labute approximate surface area is 113 Å². The summed E-state index contributed by atoms with van der Waals surface area (Å²) in [5.41, 5.74) is 0.363. The van der Waals surface area contributed by atoms with E-state index >= 15 is 0 Å². The van der Waals surface area contributed by atoms with E-state index in [4.69, 9.17) is 9.47 Å². The number of ether oxygens (including phenoxy) is 2. The number of nitrogens with one attached hydrogen (secondary N) is 1. The van der Waals surface area contributed by atoms with Gasteiger partial charge in [-0.05, 0) is 19.8 Å². The highest BCUT2D eigenvalue weighted by atomic mass is 16.5. The Bertz CT molecular complexity index is 197. The van der Waals surface area contributed by atoms with Gasteiger partial charge < -0.3 is 14.8 Å². The zero-order chi connectivity index (χ0) is 13.3. The molecule has 1 N–H and O–H groups in total. The van der Waals surface area contributed by atoms with Gasteiger partial charge >= 0.3 is 0 Å². The van der Waals surface area contributed by atoms with Gasteiger partial charge in [-0.3, -0.25) is 0 Å². The molecule has 0 aromatic heterocycles. The normalized spacial score (nSPS) is 27.8. The Morgan fingerprint density at radius 2 is 2.17 bits per heavy atom. The van der Waals surface area contributed by atoms with Crippen LogP contribution in [0.4, 0.5) is 0 Å². The molecule has 0 aromatic carbocycles. The Morgan fingerprint density at radius 3 is 2.78 bits per heavy atom. The molecule has 1 fully saturated rings. The molecule has 1 aliphatic rings. The third kappa shape index (κ3) is 4.87. The van der Waals surface area contributed by atoms with E-state index in [1.807, 2.05) is 0 Å². The lowest BCUT2D eigenvalue weighted by molar-refractivity contribution is 0.0559. The van der Waals surface area contributed by atoms with Crippen molar-refractivity contribution in [2.24, 2.45) is 5.41 Å². The highest BCUT2D eigenvalue weighted by Gasteiger charge is 2.40. The van der Waals surface area contributed by atoms with Crippen LogP contribution >= 0.6 is 0 Å². The van der Waals surface area contributed by atoms with Crippen molar-refractivity contribution in [1.82, 2.24) is 5.32 Å². The van der Waals surface area contributed by atoms with Gasteiger partial charge in [-0.15, -0.1) is 0 Å². The Hall–Kier alpha value is -0.120. The van der Waals surface area contributed by atoms with Gasteiger partial charge in [0.2, 0.25) is 0 Å². The number of rotatable bonds is 10. The largest absolute Gasteiger partial charge is 0.383 e. The lowest BCUT2D eigenvalue weighted by Crippen LogP contribution is -2.40. The van der Waals surface area contributed by atoms with Crippen LogP contribution in [0, 0.1) is 5.41 Å². The molecule has 3 heteroatoms. The quantitative estimate of drug-likeness (QED) is 0.610. The third-order valence-electron chi connectivity index (χ3n) is 4.32. The minimum atomic E-state index is 0.363. The van der Waals surface area contributed by atoms with Crippen molar-refractivity contribution in [2.45, 2.75) is 58.5 Å². The second kappa shape index (κ2) is 8.89. The first kappa shape index (κ1) is 15.9. The zero-order valence-corrected chi connectivity index (χ0v) is 12.5. The standard InChI is InChI=1S/C15H31NO2/c1-4-5-6-7-8-15(9-11-18-14(15)2)13-16-10-12-17-3/h14,16H,4-13H2,1-3H3. The molecule has 2 atom stereocenters. The molecular weight excluding hydrogens is 226 g/mol. The van der Waals surface area contributed by atoms with Gasteiger partial charge in [0.25, 0.3) is 0 Å². The molecule has 0 aromatic rings. The predicted octanol–water partition coefficient (Wildman–Crippen LogP) is 2.99. The highest BCUT2D eigenvalue weighted by molar-refractivity contribution is 4.91. The fourth-order valence-corrected chi connectivity index (χ4v) is 2.88. The number of unbranched alkanes of at least 4 members (excludes halogenated alkanes) is 3. The van der Waals surface area contributed by atoms with Crippen LogP contribution < -0.4 is 5.32 Å². The first-order chi connectivity index (χ1) is 8.75. The molecule has 0 amide bonds. The van der Waals surface area contributed by atoms with Crippen LogP contribution in [0.1, 0.15) is 52.4 Å². The Kier molecular flexibility index (Phi) is 7.87. The Morgan fingerprint density at radius 1 is 1.33 bits per heavy atom. The molecule has 1 saturated heterocycles. The SMILES string of the molecule is CCCCCCC1(CNCCOC)CCOC1C. The van der Waals surface area contributed by atoms with Gasteiger partial charge in [0, 0.05) is 32.2 Å². The number of hydrogen-bond donors (Lipinski definition) is 1. The fraction of sp³-hybridized carbons (Fsp3) is 1.00. The third-order valence-corrected chi connectivity index (χ3v) is 4.32. The van der Waals surface area contributed by atoms with Crippen molar-refractivity contribution in [3.05, 3.63) is 0 Å². The van der Waals surface area contributed by atoms with Crippen LogP contribution in [-0.4, -0.2) is 39.5 Å². The van der Waals surface area contributed by atoms with Crippen LogP contribution in [0.15, 0.2) is 0 Å². The summed E-state index contributed by atoms with van der Waals surface area (Å²) in [6.45, 7) is 8.25. The smallest absolute Gasteiger partial charge is 0.0616 e. The van der Waals surface area contributed by atoms with Gasteiger partial charge in [0.05, 0.1) is 12.7 Å². The monoisotopic (exact) mass is 257 g/mol. The summed E-state index contributed by atoms with van der Waals surface area (Å²) in [6, 6.07) is 0. The van der Waals surface area contributed by atoms with E-state index in [9.17, 15) is 0 Å². The highest BCUT2D eigenvalue weighted by Crippen LogP contribution is 2.39. The molecule has 0 radical (unpaired) electrons. The van der Waals surface area contributed by atoms with E-state index in [2.05, 4.69) is 19.2 Å². The second-order valence-corrected chi connectivity index (χ2v) is 5.61. The molecule has 2 unspecified atom stereocenters. The molecule has 0 saturated carbocycles. The van der Waals surface area contributed by atoms with Crippen molar-refractivity contribution in [3.8, 4) is 0 Å². The summed E-state index contributed by atoms with van der Waals surface area (Å²) >= 11 is 0. The maximum atomic E-state index is 5.81. The van der Waals surface area contributed by atoms with Gasteiger partial charge in [-0.2, -0.15) is 0 Å². The predicted molar refractivity (Wildman–Crippen MR) is 76.0 cm³/mol. The van der Waals surface area contributed by atoms with Crippen LogP contribution in [0.25, 0.3) is 0 Å². The fourth-order valence-electron chi connectivity index (χ4n) is 2.88. The summed E-state index contributed by atoms with van der Waals surface area (Å²) in [6.07, 6.45) is 8.28. The van der Waals surface area contributed by atoms with E-state index in [-0.39, 0.29) is 0 Å². The summed E-state index contributed by atoms with van der Waals surface area (Å²) in [4.78, 5) is 0. The average molecular weight is 257 g/mol. The van der Waals surface area contributed by atoms with Gasteiger partial charge in [0.1, 0.15) is 0 Å². The van der Waals surface area contributed by atoms with Crippen LogP contribution in [0.3, 0.4) is 0 Å². The number of hydrogen-bond acceptors (Lipinski definition) is 3. The van der Waals surface area contributed by atoms with Crippen molar-refractivity contribution < 1.29 is 9.47 Å². The maximum absolute atomic E-state index is 5.81. The van der Waals surface area contributed by atoms with E-state index in [0.29, 0.717) is 11.5 Å². The van der Waals surface area contributed by atoms with Crippen molar-refractivity contribution in [1.29, 1.82) is 0 Å². The summed E-state index contributed by atoms with van der Waals surface area (Å²) in [5.74, 6) is 0. The molecule has 1 heterocycles. The van der Waals surface area contributed by atoms with Crippen LogP contribution in [0.2, 0.25) is 0 Å². The summed E-state index contributed by atoms with van der Waals surface area (Å²) in [7, 11) is 1.75. The van der Waals surface area contributed by atoms with Gasteiger partial charge in [0.15, 0.2) is 0 Å². The molecule has 1 aliphatic heterocycles. The van der Waals surface area contributed by atoms with Crippen molar-refractivity contribution in [2.75, 3.05) is 33.4 Å². The molecule has 0 aliphatic carbocycles. The van der Waals surface area contributed by atoms with Crippen LogP contribution in [0.5, 0.6) is 0 Å². The first-order valence-electron chi connectivity index (χ1n) is 7.56. The second-order valence-electron chi connectivity index (χ2n) is 5.61. The van der Waals surface area contributed by atoms with E-state index < -0.39 is 0 Å². The summed E-state index contributed by atoms with van der Waals surface area (Å²) in [5, 5.41) is 3.54. The molecular formula is C15H31NO2. The molecule has 1 rings (SSSR count). The molecule has 108 valence electrons. The molecule has 0 spiro atoms. The maximum Gasteiger partial charge on any atom is 0.0616 e. The lowest BCUT2D eigenvalue weighted by Gasteiger charge is -2.32. The average Bonchev–Trinajstić information content (AvgIpc) is 2.73. The van der Waals surface area contributed by atoms with Gasteiger partial charge in [-0.25, -0.2) is 0 Å². The zero-order valence-electron chi connectivity index (χ0n) is 12.5. The lowest BCUT2D eigenvalue weighted by atomic mass is 9.77. The van der Waals surface area contributed by atoms with E-state index in [1.54, 1.807) is 7.11 Å². The van der Waals surface area contributed by atoms with Gasteiger partial charge in [-0.1, -0.05) is 32.6 Å². The van der Waals surface area contributed by atoms with E-state index in [0.717, 1.165) is 26.3 Å². The molecule has 18 heavy (non-hydrogen) atoms. The number of methoxy groups -OCH3 is 1. The van der Waals surface area contributed by atoms with Crippen molar-refractivity contribution in [3.63, 3.8) is 0 Å².